The monoisotopic (exact) mass is 252 g/mol. The molecule has 0 unspecified atom stereocenters. The van der Waals surface area contributed by atoms with Crippen LogP contribution in [0.5, 0.6) is 0 Å². The van der Waals surface area contributed by atoms with Gasteiger partial charge < -0.3 is 0 Å². The molecule has 0 aliphatic heterocycles. The van der Waals surface area contributed by atoms with Gasteiger partial charge >= 0.3 is 0 Å². The Kier molecular flexibility index (Phi) is 8.18. The second-order valence-electron chi connectivity index (χ2n) is 1.82. The summed E-state index contributed by atoms with van der Waals surface area (Å²) in [6, 6.07) is 0.947. The molecule has 0 aliphatic rings. The normalized spacial score (nSPS) is 10.1. The SMILES string of the molecule is Cl[Si](Cl)=CCCC[SiH](Cl)Cl. The maximum atomic E-state index is 5.63. The largest absolute Gasteiger partial charge is 0.237 e. The lowest BCUT2D eigenvalue weighted by Crippen LogP contribution is -1.93. The summed E-state index contributed by atoms with van der Waals surface area (Å²) >= 11 is 22.4. The molecule has 0 fully saturated rings. The molecular formula is C4H8Cl4Si2. The van der Waals surface area contributed by atoms with E-state index in [2.05, 4.69) is 0 Å². The van der Waals surface area contributed by atoms with Gasteiger partial charge in [-0.25, -0.2) is 0 Å². The number of unbranched alkanes of at least 4 members (excludes halogenated alkanes) is 1. The summed E-state index contributed by atoms with van der Waals surface area (Å²) in [6.45, 7) is 0. The zero-order valence-corrected chi connectivity index (χ0v) is 10.5. The molecule has 6 heteroatoms. The average molecular weight is 254 g/mol. The highest BCUT2D eigenvalue weighted by Crippen LogP contribution is 2.07. The van der Waals surface area contributed by atoms with Crippen LogP contribution in [0.1, 0.15) is 12.8 Å². The van der Waals surface area contributed by atoms with Gasteiger partial charge in [0, 0.05) is 0 Å². The summed E-state index contributed by atoms with van der Waals surface area (Å²) in [7, 11) is -2.57. The zero-order chi connectivity index (χ0) is 7.98. The van der Waals surface area contributed by atoms with E-state index in [0.29, 0.717) is 0 Å². The topological polar surface area (TPSA) is 0 Å². The van der Waals surface area contributed by atoms with Crippen LogP contribution in [-0.2, 0) is 0 Å². The Bertz CT molecular complexity index is 110. The Balaban J connectivity index is 3.13. The van der Waals surface area contributed by atoms with Crippen molar-refractivity contribution >= 4 is 64.4 Å². The standard InChI is InChI=1S/C4H8Cl4Si2/c5-9(6)3-1-2-4-10(7)8/h3,10H,1-2,4H2. The van der Waals surface area contributed by atoms with Crippen LogP contribution in [0, 0.1) is 0 Å². The van der Waals surface area contributed by atoms with Crippen LogP contribution in [0.25, 0.3) is 0 Å². The highest BCUT2D eigenvalue weighted by Gasteiger charge is 1.99. The maximum absolute atomic E-state index is 5.63. The first-order valence-electron chi connectivity index (χ1n) is 2.92. The van der Waals surface area contributed by atoms with E-state index in [1.54, 1.807) is 0 Å². The molecule has 0 heterocycles. The second-order valence-corrected chi connectivity index (χ2v) is 11.0. The number of hydrogen-bond acceptors (Lipinski definition) is 0. The maximum Gasteiger partial charge on any atom is 0.237 e. The lowest BCUT2D eigenvalue weighted by atomic mass is 10.4. The molecule has 0 saturated heterocycles. The molecule has 0 spiro atoms. The molecule has 0 N–H and O–H groups in total. The fraction of sp³-hybridized carbons (Fsp3) is 0.750. The van der Waals surface area contributed by atoms with E-state index >= 15 is 0 Å². The van der Waals surface area contributed by atoms with Crippen LogP contribution >= 0.6 is 44.3 Å². The third kappa shape index (κ3) is 9.46. The summed E-state index contributed by atoms with van der Waals surface area (Å²) in [6.07, 6.45) is 1.97. The Labute approximate surface area is 83.1 Å². The summed E-state index contributed by atoms with van der Waals surface area (Å²) in [4.78, 5) is 0. The number of hydrogen-bond donors (Lipinski definition) is 0. The molecule has 0 rings (SSSR count). The fourth-order valence-corrected chi connectivity index (χ4v) is 3.03. The Morgan fingerprint density at radius 2 is 1.90 bits per heavy atom. The Hall–Kier alpha value is 1.46. The van der Waals surface area contributed by atoms with E-state index in [0.717, 1.165) is 18.9 Å². The average Bonchev–Trinajstić information content (AvgIpc) is 1.79. The summed E-state index contributed by atoms with van der Waals surface area (Å²) < 4.78 is 0. The van der Waals surface area contributed by atoms with Crippen molar-refractivity contribution in [3.05, 3.63) is 0 Å². The van der Waals surface area contributed by atoms with Gasteiger partial charge in [0.25, 0.3) is 0 Å². The van der Waals surface area contributed by atoms with Crippen LogP contribution in [0.4, 0.5) is 0 Å². The molecule has 0 saturated carbocycles. The minimum atomic E-state index is -1.38. The molecule has 0 radical (unpaired) electrons. The highest BCUT2D eigenvalue weighted by atomic mass is 35.7. The summed E-state index contributed by atoms with van der Waals surface area (Å²) in [5, 5.41) is 0. The molecule has 0 aromatic carbocycles. The van der Waals surface area contributed by atoms with Gasteiger partial charge in [0.15, 0.2) is 0 Å². The van der Waals surface area contributed by atoms with Gasteiger partial charge in [-0.1, -0.05) is 12.1 Å². The molecule has 10 heavy (non-hydrogen) atoms. The van der Waals surface area contributed by atoms with Crippen molar-refractivity contribution in [1.29, 1.82) is 0 Å². The quantitative estimate of drug-likeness (QED) is 0.411. The predicted molar refractivity (Wildman–Crippen MR) is 56.4 cm³/mol. The second kappa shape index (κ2) is 7.13. The van der Waals surface area contributed by atoms with E-state index < -0.39 is 14.4 Å². The van der Waals surface area contributed by atoms with Crippen LogP contribution in [0.3, 0.4) is 0 Å². The Morgan fingerprint density at radius 1 is 1.30 bits per heavy atom. The van der Waals surface area contributed by atoms with Crippen molar-refractivity contribution < 1.29 is 0 Å². The third-order valence-electron chi connectivity index (χ3n) is 0.925. The first-order valence-corrected chi connectivity index (χ1v) is 10.8. The van der Waals surface area contributed by atoms with Crippen LogP contribution in [0.2, 0.25) is 6.04 Å². The molecular weight excluding hydrogens is 246 g/mol. The van der Waals surface area contributed by atoms with E-state index in [-0.39, 0.29) is 0 Å². The minimum absolute atomic E-state index is 0.947. The van der Waals surface area contributed by atoms with Crippen molar-refractivity contribution in [3.63, 3.8) is 0 Å². The van der Waals surface area contributed by atoms with Crippen LogP contribution < -0.4 is 0 Å². The Morgan fingerprint density at radius 3 is 2.30 bits per heavy atom. The smallest absolute Gasteiger partial charge is 0.150 e. The van der Waals surface area contributed by atoms with Crippen molar-refractivity contribution in [3.8, 4) is 0 Å². The molecule has 0 aromatic heterocycles. The lowest BCUT2D eigenvalue weighted by molar-refractivity contribution is 1.01. The van der Waals surface area contributed by atoms with Gasteiger partial charge in [-0.3, -0.25) is 0 Å². The molecule has 0 bridgehead atoms. The van der Waals surface area contributed by atoms with Gasteiger partial charge in [0.1, 0.15) is 0 Å². The molecule has 0 nitrogen and oxygen atoms in total. The van der Waals surface area contributed by atoms with Crippen LogP contribution in [-0.4, -0.2) is 20.1 Å². The van der Waals surface area contributed by atoms with E-state index in [1.807, 2.05) is 5.67 Å². The lowest BCUT2D eigenvalue weighted by Gasteiger charge is -1.94. The van der Waals surface area contributed by atoms with Crippen molar-refractivity contribution in [2.75, 3.05) is 0 Å². The summed E-state index contributed by atoms with van der Waals surface area (Å²) in [5.74, 6) is 0. The van der Waals surface area contributed by atoms with E-state index in [1.165, 1.54) is 0 Å². The van der Waals surface area contributed by atoms with Gasteiger partial charge in [-0.2, -0.15) is 22.2 Å². The third-order valence-corrected chi connectivity index (χ3v) is 4.60. The molecule has 60 valence electrons. The van der Waals surface area contributed by atoms with Crippen LogP contribution in [0.15, 0.2) is 0 Å². The zero-order valence-electron chi connectivity index (χ0n) is 5.29. The van der Waals surface area contributed by atoms with Gasteiger partial charge in [-0.05, 0) is 12.5 Å². The molecule has 0 amide bonds. The number of halogens is 4. The minimum Gasteiger partial charge on any atom is -0.150 e. The number of rotatable bonds is 4. The van der Waals surface area contributed by atoms with Crippen molar-refractivity contribution in [2.45, 2.75) is 18.9 Å². The van der Waals surface area contributed by atoms with Gasteiger partial charge in [-0.15, -0.1) is 22.2 Å². The van der Waals surface area contributed by atoms with E-state index in [4.69, 9.17) is 44.3 Å². The fourth-order valence-electron chi connectivity index (χ4n) is 0.483. The molecule has 0 atom stereocenters. The summed E-state index contributed by atoms with van der Waals surface area (Å²) in [5.41, 5.74) is 1.94. The van der Waals surface area contributed by atoms with Crippen molar-refractivity contribution in [1.82, 2.24) is 0 Å². The predicted octanol–water partition coefficient (Wildman–Crippen LogP) is 2.81. The van der Waals surface area contributed by atoms with E-state index in [9.17, 15) is 0 Å². The first-order chi connectivity index (χ1) is 4.63. The highest BCUT2D eigenvalue weighted by molar-refractivity contribution is 7.34. The first kappa shape index (κ1) is 11.5. The van der Waals surface area contributed by atoms with Crippen molar-refractivity contribution in [2.24, 2.45) is 0 Å². The van der Waals surface area contributed by atoms with Gasteiger partial charge in [0.05, 0.1) is 0 Å². The molecule has 0 aliphatic carbocycles. The molecule has 0 aromatic rings. The van der Waals surface area contributed by atoms with Gasteiger partial charge in [0.2, 0.25) is 14.4 Å².